The molecule has 0 saturated carbocycles. The minimum absolute atomic E-state index is 0.386. The predicted molar refractivity (Wildman–Crippen MR) is 104 cm³/mol. The summed E-state index contributed by atoms with van der Waals surface area (Å²) < 4.78 is 0.990. The standard InChI is InChI=1S/C16H12BrCl2N5/c17-9-1-3-12(4-2-9)23-15-14(20)16(22-8-21-15)24-13-6-10(18)5-11(19)7-13/h1-8H,20H2,(H2,21,22,23,24). The van der Waals surface area contributed by atoms with Gasteiger partial charge in [-0.3, -0.25) is 0 Å². The summed E-state index contributed by atoms with van der Waals surface area (Å²) in [7, 11) is 0. The fourth-order valence-corrected chi connectivity index (χ4v) is 2.82. The molecular formula is C16H12BrCl2N5. The Balaban J connectivity index is 1.86. The van der Waals surface area contributed by atoms with Crippen LogP contribution in [0.3, 0.4) is 0 Å². The van der Waals surface area contributed by atoms with E-state index in [1.807, 2.05) is 24.3 Å². The Labute approximate surface area is 157 Å². The van der Waals surface area contributed by atoms with Gasteiger partial charge in [-0.2, -0.15) is 0 Å². The van der Waals surface area contributed by atoms with Crippen LogP contribution >= 0.6 is 39.1 Å². The lowest BCUT2D eigenvalue weighted by Gasteiger charge is -2.13. The van der Waals surface area contributed by atoms with Crippen LogP contribution in [0.1, 0.15) is 0 Å². The third-order valence-corrected chi connectivity index (χ3v) is 4.08. The largest absolute Gasteiger partial charge is 0.393 e. The van der Waals surface area contributed by atoms with E-state index in [0.29, 0.717) is 33.1 Å². The number of nitrogens with two attached hydrogens (primary N) is 1. The summed E-state index contributed by atoms with van der Waals surface area (Å²) >= 11 is 15.4. The number of hydrogen-bond acceptors (Lipinski definition) is 5. The Kier molecular flexibility index (Phi) is 5.08. The average Bonchev–Trinajstić information content (AvgIpc) is 2.52. The normalized spacial score (nSPS) is 10.5. The number of rotatable bonds is 4. The lowest BCUT2D eigenvalue weighted by Crippen LogP contribution is -2.05. The Bertz CT molecular complexity index is 851. The topological polar surface area (TPSA) is 75.9 Å². The zero-order valence-corrected chi connectivity index (χ0v) is 15.3. The molecule has 4 N–H and O–H groups in total. The van der Waals surface area contributed by atoms with E-state index >= 15 is 0 Å². The third-order valence-electron chi connectivity index (χ3n) is 3.12. The highest BCUT2D eigenvalue weighted by Crippen LogP contribution is 2.30. The van der Waals surface area contributed by atoms with E-state index < -0.39 is 0 Å². The number of nitrogens with zero attached hydrogens (tertiary/aromatic N) is 2. The molecular weight excluding hydrogens is 413 g/mol. The molecule has 3 rings (SSSR count). The second kappa shape index (κ2) is 7.25. The van der Waals surface area contributed by atoms with E-state index in [-0.39, 0.29) is 0 Å². The number of aromatic nitrogens is 2. The molecule has 0 amide bonds. The van der Waals surface area contributed by atoms with Gasteiger partial charge in [0.15, 0.2) is 11.6 Å². The second-order valence-corrected chi connectivity index (χ2v) is 6.69. The summed E-state index contributed by atoms with van der Waals surface area (Å²) in [5, 5.41) is 7.29. The first-order valence-electron chi connectivity index (χ1n) is 6.87. The molecule has 0 unspecified atom stereocenters. The van der Waals surface area contributed by atoms with Crippen LogP contribution in [0.25, 0.3) is 0 Å². The molecule has 0 spiro atoms. The molecule has 1 heterocycles. The smallest absolute Gasteiger partial charge is 0.159 e. The summed E-state index contributed by atoms with van der Waals surface area (Å²) in [4.78, 5) is 8.35. The summed E-state index contributed by atoms with van der Waals surface area (Å²) in [5.41, 5.74) is 8.09. The fourth-order valence-electron chi connectivity index (χ4n) is 2.03. The van der Waals surface area contributed by atoms with Gasteiger partial charge >= 0.3 is 0 Å². The van der Waals surface area contributed by atoms with Crippen molar-refractivity contribution < 1.29 is 0 Å². The molecule has 0 radical (unpaired) electrons. The Morgan fingerprint density at radius 3 is 1.96 bits per heavy atom. The van der Waals surface area contributed by atoms with Crippen LogP contribution < -0.4 is 16.4 Å². The maximum Gasteiger partial charge on any atom is 0.159 e. The summed E-state index contributed by atoms with van der Waals surface area (Å²) in [5.74, 6) is 0.964. The molecule has 5 nitrogen and oxygen atoms in total. The van der Waals surface area contributed by atoms with Gasteiger partial charge in [-0.25, -0.2) is 9.97 Å². The highest BCUT2D eigenvalue weighted by molar-refractivity contribution is 9.10. The molecule has 3 aromatic rings. The van der Waals surface area contributed by atoms with E-state index in [0.717, 1.165) is 10.2 Å². The van der Waals surface area contributed by atoms with E-state index in [4.69, 9.17) is 28.9 Å². The van der Waals surface area contributed by atoms with Gasteiger partial charge in [0, 0.05) is 25.9 Å². The first-order chi connectivity index (χ1) is 11.5. The molecule has 8 heteroatoms. The van der Waals surface area contributed by atoms with Gasteiger partial charge in [0.2, 0.25) is 0 Å². The van der Waals surface area contributed by atoms with Gasteiger partial charge in [-0.15, -0.1) is 0 Å². The van der Waals surface area contributed by atoms with Crippen LogP contribution in [0.2, 0.25) is 10.0 Å². The number of hydrogen-bond donors (Lipinski definition) is 3. The molecule has 0 bridgehead atoms. The van der Waals surface area contributed by atoms with Crippen LogP contribution in [0, 0.1) is 0 Å². The highest BCUT2D eigenvalue weighted by Gasteiger charge is 2.09. The Hall–Kier alpha value is -2.02. The van der Waals surface area contributed by atoms with Gasteiger partial charge in [-0.05, 0) is 42.5 Å². The molecule has 24 heavy (non-hydrogen) atoms. The minimum Gasteiger partial charge on any atom is -0.393 e. The monoisotopic (exact) mass is 423 g/mol. The van der Waals surface area contributed by atoms with Crippen molar-refractivity contribution in [2.45, 2.75) is 0 Å². The van der Waals surface area contributed by atoms with Crippen molar-refractivity contribution in [2.24, 2.45) is 0 Å². The molecule has 2 aromatic carbocycles. The van der Waals surface area contributed by atoms with Gasteiger partial charge < -0.3 is 16.4 Å². The number of nitrogens with one attached hydrogen (secondary N) is 2. The average molecular weight is 425 g/mol. The number of nitrogen functional groups attached to an aromatic ring is 1. The number of anilines is 5. The molecule has 0 saturated heterocycles. The lowest BCUT2D eigenvalue weighted by molar-refractivity contribution is 1.17. The van der Waals surface area contributed by atoms with Crippen LogP contribution in [0.15, 0.2) is 53.3 Å². The van der Waals surface area contributed by atoms with Crippen molar-refractivity contribution in [2.75, 3.05) is 16.4 Å². The van der Waals surface area contributed by atoms with E-state index in [2.05, 4.69) is 36.5 Å². The van der Waals surface area contributed by atoms with Crippen molar-refractivity contribution in [3.05, 3.63) is 63.3 Å². The van der Waals surface area contributed by atoms with Gasteiger partial charge in [0.05, 0.1) is 0 Å². The molecule has 0 aliphatic heterocycles. The van der Waals surface area contributed by atoms with Crippen LogP contribution in [-0.4, -0.2) is 9.97 Å². The minimum atomic E-state index is 0.386. The number of halogens is 3. The quantitative estimate of drug-likeness (QED) is 0.507. The predicted octanol–water partition coefficient (Wildman–Crippen LogP) is 5.62. The summed E-state index contributed by atoms with van der Waals surface area (Å²) in [6, 6.07) is 12.8. The molecule has 1 aromatic heterocycles. The lowest BCUT2D eigenvalue weighted by atomic mass is 10.3. The van der Waals surface area contributed by atoms with Crippen molar-refractivity contribution in [1.82, 2.24) is 9.97 Å². The third kappa shape index (κ3) is 4.08. The maximum atomic E-state index is 6.16. The van der Waals surface area contributed by atoms with Crippen LogP contribution in [0.4, 0.5) is 28.7 Å². The highest BCUT2D eigenvalue weighted by atomic mass is 79.9. The zero-order valence-electron chi connectivity index (χ0n) is 12.2. The summed E-state index contributed by atoms with van der Waals surface area (Å²) in [6.07, 6.45) is 1.42. The molecule has 0 aliphatic rings. The SMILES string of the molecule is Nc1c(Nc2ccc(Br)cc2)ncnc1Nc1cc(Cl)cc(Cl)c1. The van der Waals surface area contributed by atoms with Crippen molar-refractivity contribution in [1.29, 1.82) is 0 Å². The van der Waals surface area contributed by atoms with Crippen molar-refractivity contribution in [3.63, 3.8) is 0 Å². The molecule has 0 fully saturated rings. The summed E-state index contributed by atoms with van der Waals surface area (Å²) in [6.45, 7) is 0. The van der Waals surface area contributed by atoms with Crippen molar-refractivity contribution >= 4 is 67.8 Å². The number of benzene rings is 2. The van der Waals surface area contributed by atoms with E-state index in [9.17, 15) is 0 Å². The Morgan fingerprint density at radius 1 is 0.833 bits per heavy atom. The van der Waals surface area contributed by atoms with E-state index in [1.54, 1.807) is 18.2 Å². The molecule has 122 valence electrons. The Morgan fingerprint density at radius 2 is 1.38 bits per heavy atom. The fraction of sp³-hybridized carbons (Fsp3) is 0. The second-order valence-electron chi connectivity index (χ2n) is 4.90. The van der Waals surface area contributed by atoms with Crippen LogP contribution in [0.5, 0.6) is 0 Å². The maximum absolute atomic E-state index is 6.16. The first kappa shape index (κ1) is 16.8. The first-order valence-corrected chi connectivity index (χ1v) is 8.42. The van der Waals surface area contributed by atoms with Crippen molar-refractivity contribution in [3.8, 4) is 0 Å². The van der Waals surface area contributed by atoms with Gasteiger partial charge in [0.25, 0.3) is 0 Å². The molecule has 0 aliphatic carbocycles. The molecule has 0 atom stereocenters. The van der Waals surface area contributed by atoms with Gasteiger partial charge in [0.1, 0.15) is 12.0 Å². The van der Waals surface area contributed by atoms with Gasteiger partial charge in [-0.1, -0.05) is 39.1 Å². The van der Waals surface area contributed by atoms with Crippen LogP contribution in [-0.2, 0) is 0 Å². The van der Waals surface area contributed by atoms with E-state index in [1.165, 1.54) is 6.33 Å². The zero-order chi connectivity index (χ0) is 17.1.